The van der Waals surface area contributed by atoms with Crippen LogP contribution in [0.15, 0.2) is 4.42 Å². The maximum atomic E-state index is 11.5. The van der Waals surface area contributed by atoms with Crippen LogP contribution in [0.4, 0.5) is 0 Å². The fraction of sp³-hybridized carbons (Fsp3) is 0.667. The van der Waals surface area contributed by atoms with Crippen molar-refractivity contribution in [2.45, 2.75) is 33.3 Å². The molecule has 0 radical (unpaired) electrons. The summed E-state index contributed by atoms with van der Waals surface area (Å²) in [6.07, 6.45) is 1.75. The summed E-state index contributed by atoms with van der Waals surface area (Å²) in [7, 11) is 2.86. The van der Waals surface area contributed by atoms with Crippen LogP contribution >= 0.6 is 0 Å². The first kappa shape index (κ1) is 13.7. The van der Waals surface area contributed by atoms with Crippen LogP contribution in [0.1, 0.15) is 42.4 Å². The molecule has 0 amide bonds. The predicted molar refractivity (Wildman–Crippen MR) is 61.7 cm³/mol. The fourth-order valence-electron chi connectivity index (χ4n) is 1.42. The molecular formula is C12H19NO4. The highest BCUT2D eigenvalue weighted by Crippen LogP contribution is 2.17. The highest BCUT2D eigenvalue weighted by molar-refractivity contribution is 5.87. The maximum Gasteiger partial charge on any atom is 0.376 e. The van der Waals surface area contributed by atoms with Crippen LogP contribution in [0.5, 0.6) is 0 Å². The molecule has 0 aromatic carbocycles. The lowest BCUT2D eigenvalue weighted by atomic mass is 10.1. The lowest BCUT2D eigenvalue weighted by Crippen LogP contribution is -2.04. The van der Waals surface area contributed by atoms with E-state index in [4.69, 9.17) is 9.15 Å². The number of esters is 1. The second-order valence-electron chi connectivity index (χ2n) is 4.03. The Labute approximate surface area is 101 Å². The first-order chi connectivity index (χ1) is 8.12. The van der Waals surface area contributed by atoms with E-state index in [1.807, 2.05) is 0 Å². The quantitative estimate of drug-likeness (QED) is 0.714. The number of aromatic nitrogens is 1. The molecule has 0 spiro atoms. The van der Waals surface area contributed by atoms with E-state index in [1.54, 1.807) is 7.11 Å². The molecule has 17 heavy (non-hydrogen) atoms. The van der Waals surface area contributed by atoms with E-state index >= 15 is 0 Å². The van der Waals surface area contributed by atoms with Gasteiger partial charge in [-0.15, -0.1) is 0 Å². The highest BCUT2D eigenvalue weighted by Gasteiger charge is 2.21. The molecule has 0 saturated heterocycles. The molecule has 0 fully saturated rings. The van der Waals surface area contributed by atoms with Crippen LogP contribution in [0.25, 0.3) is 0 Å². The Balaban J connectivity index is 2.91. The van der Waals surface area contributed by atoms with Crippen LogP contribution in [-0.2, 0) is 22.5 Å². The summed E-state index contributed by atoms with van der Waals surface area (Å²) in [4.78, 5) is 15.7. The van der Waals surface area contributed by atoms with Crippen molar-refractivity contribution < 1.29 is 18.7 Å². The summed E-state index contributed by atoms with van der Waals surface area (Å²) in [6.45, 7) is 4.46. The van der Waals surface area contributed by atoms with Gasteiger partial charge in [0.15, 0.2) is 5.89 Å². The average molecular weight is 241 g/mol. The van der Waals surface area contributed by atoms with Gasteiger partial charge in [0.05, 0.1) is 13.7 Å². The van der Waals surface area contributed by atoms with Gasteiger partial charge in [-0.25, -0.2) is 9.78 Å². The zero-order valence-corrected chi connectivity index (χ0v) is 10.8. The molecule has 1 rings (SSSR count). The first-order valence-corrected chi connectivity index (χ1v) is 5.68. The Hall–Kier alpha value is -1.36. The second kappa shape index (κ2) is 6.39. The Morgan fingerprint density at radius 1 is 1.47 bits per heavy atom. The van der Waals surface area contributed by atoms with Gasteiger partial charge < -0.3 is 13.9 Å². The third-order valence-corrected chi connectivity index (χ3v) is 2.61. The number of ether oxygens (including phenoxy) is 2. The van der Waals surface area contributed by atoms with Gasteiger partial charge in [0.2, 0.25) is 5.76 Å². The monoisotopic (exact) mass is 241 g/mol. The zero-order valence-electron chi connectivity index (χ0n) is 10.8. The van der Waals surface area contributed by atoms with Crippen molar-refractivity contribution in [2.24, 2.45) is 5.92 Å². The Kier molecular flexibility index (Phi) is 5.15. The normalized spacial score (nSPS) is 12.5. The molecule has 0 N–H and O–H groups in total. The van der Waals surface area contributed by atoms with Crippen molar-refractivity contribution in [3.8, 4) is 0 Å². The van der Waals surface area contributed by atoms with Gasteiger partial charge in [0.1, 0.15) is 5.69 Å². The van der Waals surface area contributed by atoms with E-state index < -0.39 is 5.97 Å². The van der Waals surface area contributed by atoms with E-state index in [-0.39, 0.29) is 12.4 Å². The van der Waals surface area contributed by atoms with Crippen LogP contribution in [0.2, 0.25) is 0 Å². The minimum absolute atomic E-state index is 0.146. The van der Waals surface area contributed by atoms with Crippen LogP contribution in [0, 0.1) is 5.92 Å². The van der Waals surface area contributed by atoms with Gasteiger partial charge >= 0.3 is 5.97 Å². The Bertz CT molecular complexity index is 373. The van der Waals surface area contributed by atoms with E-state index in [0.29, 0.717) is 23.9 Å². The van der Waals surface area contributed by atoms with Crippen molar-refractivity contribution in [2.75, 3.05) is 14.2 Å². The molecule has 0 aliphatic heterocycles. The topological polar surface area (TPSA) is 61.6 Å². The summed E-state index contributed by atoms with van der Waals surface area (Å²) >= 11 is 0. The zero-order chi connectivity index (χ0) is 12.8. The van der Waals surface area contributed by atoms with Crippen LogP contribution in [-0.4, -0.2) is 25.2 Å². The third kappa shape index (κ3) is 3.56. The number of oxazole rings is 1. The molecule has 5 nitrogen and oxygen atoms in total. The van der Waals surface area contributed by atoms with Gasteiger partial charge in [0, 0.05) is 13.5 Å². The average Bonchev–Trinajstić information content (AvgIpc) is 2.71. The lowest BCUT2D eigenvalue weighted by molar-refractivity contribution is 0.0556. The standard InChI is InChI=1S/C12H19NO4/c1-5-8(2)6-10-13-9(7-15-3)11(17-10)12(14)16-4/h8H,5-7H2,1-4H3. The van der Waals surface area contributed by atoms with E-state index in [2.05, 4.69) is 23.6 Å². The molecule has 0 bridgehead atoms. The number of rotatable bonds is 6. The molecule has 1 aromatic heterocycles. The van der Waals surface area contributed by atoms with Crippen molar-refractivity contribution in [1.29, 1.82) is 0 Å². The molecule has 96 valence electrons. The summed E-state index contributed by atoms with van der Waals surface area (Å²) in [5, 5.41) is 0. The Morgan fingerprint density at radius 2 is 2.18 bits per heavy atom. The summed E-state index contributed by atoms with van der Waals surface area (Å²) < 4.78 is 15.0. The van der Waals surface area contributed by atoms with E-state index in [0.717, 1.165) is 6.42 Å². The summed E-state index contributed by atoms with van der Waals surface area (Å²) in [6, 6.07) is 0. The van der Waals surface area contributed by atoms with Crippen LogP contribution < -0.4 is 0 Å². The number of hydrogen-bond donors (Lipinski definition) is 0. The number of hydrogen-bond acceptors (Lipinski definition) is 5. The molecule has 1 heterocycles. The molecule has 5 heteroatoms. The molecular weight excluding hydrogens is 222 g/mol. The van der Waals surface area contributed by atoms with Crippen molar-refractivity contribution in [3.63, 3.8) is 0 Å². The molecule has 0 aliphatic rings. The van der Waals surface area contributed by atoms with Crippen LogP contribution in [0.3, 0.4) is 0 Å². The van der Waals surface area contributed by atoms with Crippen molar-refractivity contribution in [1.82, 2.24) is 4.98 Å². The fourth-order valence-corrected chi connectivity index (χ4v) is 1.42. The van der Waals surface area contributed by atoms with E-state index in [9.17, 15) is 4.79 Å². The number of nitrogens with zero attached hydrogens (tertiary/aromatic N) is 1. The minimum Gasteiger partial charge on any atom is -0.463 e. The SMILES string of the molecule is CCC(C)Cc1nc(COC)c(C(=O)OC)o1. The summed E-state index contributed by atoms with van der Waals surface area (Å²) in [5.41, 5.74) is 0.498. The van der Waals surface area contributed by atoms with E-state index in [1.165, 1.54) is 7.11 Å². The van der Waals surface area contributed by atoms with Crippen molar-refractivity contribution in [3.05, 3.63) is 17.3 Å². The molecule has 0 aliphatic carbocycles. The van der Waals surface area contributed by atoms with Gasteiger partial charge in [0.25, 0.3) is 0 Å². The number of carbonyl (C=O) groups excluding carboxylic acids is 1. The predicted octanol–water partition coefficient (Wildman–Crippen LogP) is 2.20. The van der Waals surface area contributed by atoms with Gasteiger partial charge in [-0.3, -0.25) is 0 Å². The largest absolute Gasteiger partial charge is 0.463 e. The second-order valence-corrected chi connectivity index (χ2v) is 4.03. The van der Waals surface area contributed by atoms with Gasteiger partial charge in [-0.2, -0.15) is 0 Å². The minimum atomic E-state index is -0.514. The molecule has 1 unspecified atom stereocenters. The molecule has 0 saturated carbocycles. The van der Waals surface area contributed by atoms with Crippen molar-refractivity contribution >= 4 is 5.97 Å². The first-order valence-electron chi connectivity index (χ1n) is 5.68. The maximum absolute atomic E-state index is 11.5. The third-order valence-electron chi connectivity index (χ3n) is 2.61. The summed E-state index contributed by atoms with van der Waals surface area (Å²) in [5.74, 6) is 0.661. The molecule has 1 aromatic rings. The van der Waals surface area contributed by atoms with Gasteiger partial charge in [-0.1, -0.05) is 20.3 Å². The smallest absolute Gasteiger partial charge is 0.376 e. The lowest BCUT2D eigenvalue weighted by Gasteiger charge is -2.02. The van der Waals surface area contributed by atoms with Gasteiger partial charge in [-0.05, 0) is 5.92 Å². The molecule has 1 atom stereocenters. The number of methoxy groups -OCH3 is 2. The Morgan fingerprint density at radius 3 is 2.71 bits per heavy atom. The number of carbonyl (C=O) groups is 1. The highest BCUT2D eigenvalue weighted by atomic mass is 16.5.